The first-order chi connectivity index (χ1) is 32.6. The van der Waals surface area contributed by atoms with E-state index < -0.39 is 47.3 Å². The zero-order valence-corrected chi connectivity index (χ0v) is 40.6. The second-order valence-electron chi connectivity index (χ2n) is 14.6. The summed E-state index contributed by atoms with van der Waals surface area (Å²) in [5.41, 5.74) is 3.27. The highest BCUT2D eigenvalue weighted by Gasteiger charge is 2.27. The molecule has 5 aromatic carbocycles. The van der Waals surface area contributed by atoms with Crippen molar-refractivity contribution in [3.8, 4) is 11.5 Å². The summed E-state index contributed by atoms with van der Waals surface area (Å²) >= 11 is 31.3. The van der Waals surface area contributed by atoms with Crippen LogP contribution in [0.2, 0.25) is 10.0 Å². The molecule has 0 spiro atoms. The number of nitrogens with zero attached hydrogens (tertiary/aromatic N) is 4. The summed E-state index contributed by atoms with van der Waals surface area (Å²) in [5, 5.41) is 26.7. The summed E-state index contributed by atoms with van der Waals surface area (Å²) in [5.74, 6) is -2.68. The quantitative estimate of drug-likeness (QED) is 0.0314. The average molecular weight is 1030 g/mol. The topological polar surface area (TPSA) is 218 Å². The number of methoxy groups -OCH3 is 2. The number of amides is 4. The smallest absolute Gasteiger partial charge is 0.258 e. The molecule has 0 aromatic heterocycles. The third-order valence-corrected chi connectivity index (χ3v) is 11.4. The van der Waals surface area contributed by atoms with Crippen molar-refractivity contribution in [3.63, 3.8) is 0 Å². The van der Waals surface area contributed by atoms with Crippen molar-refractivity contribution in [2.24, 2.45) is 20.5 Å². The molecule has 0 saturated carbocycles. The Morgan fingerprint density at radius 3 is 1.41 bits per heavy atom. The van der Waals surface area contributed by atoms with Crippen LogP contribution >= 0.6 is 58.0 Å². The van der Waals surface area contributed by atoms with E-state index in [9.17, 15) is 28.8 Å². The van der Waals surface area contributed by atoms with Crippen molar-refractivity contribution in [1.29, 1.82) is 0 Å². The third-order valence-electron chi connectivity index (χ3n) is 9.91. The fourth-order valence-electron chi connectivity index (χ4n) is 6.35. The first-order valence-electron chi connectivity index (χ1n) is 20.4. The molecule has 0 radical (unpaired) electrons. The van der Waals surface area contributed by atoms with Gasteiger partial charge < -0.3 is 30.7 Å². The molecule has 0 aliphatic heterocycles. The van der Waals surface area contributed by atoms with Crippen LogP contribution in [0.15, 0.2) is 111 Å². The van der Waals surface area contributed by atoms with E-state index in [0.29, 0.717) is 53.0 Å². The number of anilines is 4. The number of benzene rings is 5. The fourth-order valence-corrected chi connectivity index (χ4v) is 7.48. The molecular weight excluding hydrogens is 982 g/mol. The summed E-state index contributed by atoms with van der Waals surface area (Å²) < 4.78 is 10.6. The SMILES string of the molecule is COc1ccc(CCCl)c(NC(=O)c2cccc(N=NC(C(C)=O)C(=O)Nc3ccc(NC(=O)C(N=Nc4cccc(C(=O)Nc5cc(OC)ccc5CCCl)c4Cl)C(C)=O)c(CCl)c3)c2Cl)c1. The second kappa shape index (κ2) is 25.1. The Balaban J connectivity index is 1.27. The Morgan fingerprint density at radius 2 is 1.00 bits per heavy atom. The van der Waals surface area contributed by atoms with Gasteiger partial charge in [-0.05, 0) is 98.0 Å². The van der Waals surface area contributed by atoms with Crippen molar-refractivity contribution in [2.45, 2.75) is 44.7 Å². The van der Waals surface area contributed by atoms with Crippen molar-refractivity contribution in [2.75, 3.05) is 47.2 Å². The molecule has 0 heterocycles. The van der Waals surface area contributed by atoms with Gasteiger partial charge in [-0.25, -0.2) is 0 Å². The van der Waals surface area contributed by atoms with Crippen molar-refractivity contribution >= 4 is 127 Å². The van der Waals surface area contributed by atoms with Gasteiger partial charge in [0.2, 0.25) is 12.1 Å². The number of ketones is 2. The minimum atomic E-state index is -1.65. The molecule has 16 nitrogen and oxygen atoms in total. The van der Waals surface area contributed by atoms with E-state index in [1.807, 2.05) is 0 Å². The number of aryl methyl sites for hydroxylation is 2. The lowest BCUT2D eigenvalue weighted by atomic mass is 10.1. The number of halogens is 5. The number of hydrogen-bond acceptors (Lipinski definition) is 12. The maximum atomic E-state index is 13.5. The van der Waals surface area contributed by atoms with Gasteiger partial charge in [0.15, 0.2) is 11.6 Å². The molecular formula is C47H43Cl5N8O8. The van der Waals surface area contributed by atoms with Crippen LogP contribution < -0.4 is 30.7 Å². The first kappa shape index (κ1) is 52.5. The highest BCUT2D eigenvalue weighted by atomic mass is 35.5. The van der Waals surface area contributed by atoms with Crippen LogP contribution in [0.1, 0.15) is 51.3 Å². The van der Waals surface area contributed by atoms with E-state index in [1.54, 1.807) is 36.4 Å². The largest absolute Gasteiger partial charge is 0.497 e. The fraction of sp³-hybridized carbons (Fsp3) is 0.234. The summed E-state index contributed by atoms with van der Waals surface area (Å²) in [6, 6.07) is 20.3. The number of hydrogen-bond donors (Lipinski definition) is 4. The molecule has 5 rings (SSSR count). The maximum absolute atomic E-state index is 13.5. The standard InChI is InChI=1S/C47H43Cl5N8O8/c1-25(61)42(59-57-36-9-5-7-33(40(36)51)44(63)55-38-22-31(67-3)14-11-27(38)17-19-48)46(65)53-30-13-16-35(29(21-30)24-50)54-47(66)43(26(2)62)60-58-37-10-6-8-34(41(37)52)45(64)56-39-23-32(68-4)15-12-28(39)18-20-49/h5-16,21-23,42-43H,17-20,24H2,1-4H3,(H,53,65)(H,54,66)(H,55,63)(H,56,64). The second-order valence-corrected chi connectivity index (χ2v) is 16.3. The monoisotopic (exact) mass is 1020 g/mol. The molecule has 0 fully saturated rings. The number of ether oxygens (including phenoxy) is 2. The lowest BCUT2D eigenvalue weighted by Crippen LogP contribution is -2.32. The predicted molar refractivity (Wildman–Crippen MR) is 265 cm³/mol. The van der Waals surface area contributed by atoms with Gasteiger partial charge in [-0.3, -0.25) is 28.8 Å². The van der Waals surface area contributed by atoms with E-state index in [1.165, 1.54) is 68.8 Å². The molecule has 0 saturated heterocycles. The first-order valence-corrected chi connectivity index (χ1v) is 22.8. The zero-order valence-electron chi connectivity index (χ0n) is 36.8. The highest BCUT2D eigenvalue weighted by molar-refractivity contribution is 6.37. The number of Topliss-reactive ketones (excluding diaryl/α,β-unsaturated/α-hetero) is 2. The number of rotatable bonds is 21. The molecule has 21 heteroatoms. The maximum Gasteiger partial charge on any atom is 0.258 e. The van der Waals surface area contributed by atoms with Crippen LogP contribution in [0, 0.1) is 0 Å². The van der Waals surface area contributed by atoms with Crippen LogP contribution in [-0.4, -0.2) is 73.3 Å². The Bertz CT molecular complexity index is 2790. The lowest BCUT2D eigenvalue weighted by Gasteiger charge is -2.15. The molecule has 4 N–H and O–H groups in total. The van der Waals surface area contributed by atoms with Crippen LogP contribution in [0.3, 0.4) is 0 Å². The summed E-state index contributed by atoms with van der Waals surface area (Å²) in [6.07, 6.45) is 0.952. The normalized spacial score (nSPS) is 12.0. The van der Waals surface area contributed by atoms with Gasteiger partial charge in [0, 0.05) is 52.5 Å². The van der Waals surface area contributed by atoms with Gasteiger partial charge in [-0.2, -0.15) is 20.5 Å². The van der Waals surface area contributed by atoms with Gasteiger partial charge in [0.05, 0.1) is 35.4 Å². The summed E-state index contributed by atoms with van der Waals surface area (Å²) in [7, 11) is 3.00. The molecule has 0 bridgehead atoms. The summed E-state index contributed by atoms with van der Waals surface area (Å²) in [6.45, 7) is 2.30. The van der Waals surface area contributed by atoms with Crippen LogP contribution in [0.4, 0.5) is 34.1 Å². The van der Waals surface area contributed by atoms with E-state index in [2.05, 4.69) is 41.7 Å². The van der Waals surface area contributed by atoms with Gasteiger partial charge in [0.1, 0.15) is 22.9 Å². The number of alkyl halides is 3. The Labute approximate surface area is 416 Å². The third kappa shape index (κ3) is 13.6. The van der Waals surface area contributed by atoms with Crippen LogP contribution in [-0.2, 0) is 37.9 Å². The Kier molecular flexibility index (Phi) is 19.4. The van der Waals surface area contributed by atoms with Crippen LogP contribution in [0.25, 0.3) is 0 Å². The van der Waals surface area contributed by atoms with Crippen LogP contribution in [0.5, 0.6) is 11.5 Å². The van der Waals surface area contributed by atoms with Gasteiger partial charge in [0.25, 0.3) is 23.6 Å². The van der Waals surface area contributed by atoms with E-state index in [-0.39, 0.29) is 49.8 Å². The average Bonchev–Trinajstić information content (AvgIpc) is 3.31. The highest BCUT2D eigenvalue weighted by Crippen LogP contribution is 2.33. The minimum absolute atomic E-state index is 0.0108. The molecule has 68 heavy (non-hydrogen) atoms. The number of carbonyl (C=O) groups is 6. The molecule has 0 aliphatic rings. The number of carbonyl (C=O) groups excluding carboxylic acids is 6. The molecule has 2 unspecified atom stereocenters. The Hall–Kier alpha value is -6.43. The van der Waals surface area contributed by atoms with Gasteiger partial charge >= 0.3 is 0 Å². The van der Waals surface area contributed by atoms with Gasteiger partial charge in [-0.15, -0.1) is 34.8 Å². The molecule has 354 valence electrons. The number of nitrogens with one attached hydrogen (secondary N) is 4. The molecule has 2 atom stereocenters. The summed E-state index contributed by atoms with van der Waals surface area (Å²) in [4.78, 5) is 79.0. The number of azo groups is 2. The predicted octanol–water partition coefficient (Wildman–Crippen LogP) is 11.2. The van der Waals surface area contributed by atoms with Crippen molar-refractivity contribution in [1.82, 2.24) is 0 Å². The van der Waals surface area contributed by atoms with E-state index in [4.69, 9.17) is 67.5 Å². The van der Waals surface area contributed by atoms with Gasteiger partial charge in [-0.1, -0.05) is 47.5 Å². The Morgan fingerprint density at radius 1 is 0.544 bits per heavy atom. The van der Waals surface area contributed by atoms with Crippen molar-refractivity contribution < 1.29 is 38.2 Å². The molecule has 4 amide bonds. The molecule has 5 aromatic rings. The lowest BCUT2D eigenvalue weighted by molar-refractivity contribution is -0.127. The minimum Gasteiger partial charge on any atom is -0.497 e. The van der Waals surface area contributed by atoms with E-state index in [0.717, 1.165) is 25.0 Å². The zero-order chi connectivity index (χ0) is 49.5. The van der Waals surface area contributed by atoms with E-state index >= 15 is 0 Å². The molecule has 0 aliphatic carbocycles. The van der Waals surface area contributed by atoms with Crippen molar-refractivity contribution in [3.05, 3.63) is 129 Å².